The molecule has 0 aliphatic heterocycles. The van der Waals surface area contributed by atoms with Crippen LogP contribution in [0.3, 0.4) is 0 Å². The molecule has 0 radical (unpaired) electrons. The predicted octanol–water partition coefficient (Wildman–Crippen LogP) is 3.84. The first-order valence-electron chi connectivity index (χ1n) is 9.29. The van der Waals surface area contributed by atoms with Gasteiger partial charge in [0.2, 0.25) is 0 Å². The van der Waals surface area contributed by atoms with Crippen LogP contribution in [0, 0.1) is 0 Å². The fourth-order valence-corrected chi connectivity index (χ4v) is 4.44. The number of aromatic nitrogens is 2. The van der Waals surface area contributed by atoms with Gasteiger partial charge in [0.05, 0.1) is 10.6 Å². The maximum atomic E-state index is 13.3. The summed E-state index contributed by atoms with van der Waals surface area (Å²) in [6.45, 7) is 3.14. The number of nitrogen functional groups attached to an aromatic ring is 1. The van der Waals surface area contributed by atoms with Crippen LogP contribution in [0.25, 0.3) is 11.4 Å². The summed E-state index contributed by atoms with van der Waals surface area (Å²) in [6, 6.07) is 13.9. The van der Waals surface area contributed by atoms with Crippen molar-refractivity contribution in [1.82, 2.24) is 15.3 Å². The third-order valence-corrected chi connectivity index (χ3v) is 7.48. The molecule has 3 aromatic rings. The standard InChI is InChI=1S/C21H22ClN5O3S/c1-21(2,31(29,30)16-10-6-14(22)7-11-16)17-12-18(23)27-19(26-17)13-4-8-15(9-5-13)25-20(28)24-3/h4-12H,1-3H3,(H2,23,26,27)(H2,24,25,28). The van der Waals surface area contributed by atoms with Crippen LogP contribution < -0.4 is 16.4 Å². The Kier molecular flexibility index (Phi) is 6.19. The molecule has 1 heterocycles. The number of halogens is 1. The minimum atomic E-state index is -3.81. The van der Waals surface area contributed by atoms with E-state index in [-0.39, 0.29) is 28.3 Å². The molecule has 2 aromatic carbocycles. The van der Waals surface area contributed by atoms with Gasteiger partial charge in [-0.2, -0.15) is 0 Å². The van der Waals surface area contributed by atoms with Gasteiger partial charge < -0.3 is 16.4 Å². The maximum absolute atomic E-state index is 13.3. The quantitative estimate of drug-likeness (QED) is 0.532. The summed E-state index contributed by atoms with van der Waals surface area (Å²) < 4.78 is 25.2. The van der Waals surface area contributed by atoms with Gasteiger partial charge in [-0.3, -0.25) is 0 Å². The Morgan fingerprint density at radius 3 is 2.23 bits per heavy atom. The van der Waals surface area contributed by atoms with Gasteiger partial charge in [-0.25, -0.2) is 23.2 Å². The number of urea groups is 1. The monoisotopic (exact) mass is 459 g/mol. The highest BCUT2D eigenvalue weighted by Crippen LogP contribution is 2.35. The zero-order valence-corrected chi connectivity index (χ0v) is 18.8. The molecular weight excluding hydrogens is 438 g/mol. The molecular formula is C21H22ClN5O3S. The molecule has 3 rings (SSSR count). The molecule has 1 aromatic heterocycles. The molecule has 0 unspecified atom stereocenters. The minimum Gasteiger partial charge on any atom is -0.384 e. The molecule has 0 spiro atoms. The summed E-state index contributed by atoms with van der Waals surface area (Å²) in [6.07, 6.45) is 0. The van der Waals surface area contributed by atoms with Crippen molar-refractivity contribution < 1.29 is 13.2 Å². The number of hydrogen-bond acceptors (Lipinski definition) is 6. The van der Waals surface area contributed by atoms with Crippen molar-refractivity contribution in [3.05, 3.63) is 65.3 Å². The van der Waals surface area contributed by atoms with E-state index in [0.717, 1.165) is 0 Å². The lowest BCUT2D eigenvalue weighted by Crippen LogP contribution is -2.31. The zero-order chi connectivity index (χ0) is 22.8. The van der Waals surface area contributed by atoms with Gasteiger partial charge in [-0.05, 0) is 62.4 Å². The Bertz CT molecular complexity index is 1210. The first-order chi connectivity index (χ1) is 14.5. The van der Waals surface area contributed by atoms with E-state index in [1.807, 2.05) is 0 Å². The van der Waals surface area contributed by atoms with Crippen molar-refractivity contribution in [1.29, 1.82) is 0 Å². The molecule has 0 aliphatic carbocycles. The summed E-state index contributed by atoms with van der Waals surface area (Å²) in [5, 5.41) is 5.57. The van der Waals surface area contributed by atoms with Crippen molar-refractivity contribution in [2.45, 2.75) is 23.5 Å². The Morgan fingerprint density at radius 1 is 1.03 bits per heavy atom. The van der Waals surface area contributed by atoms with Crippen molar-refractivity contribution in [2.75, 3.05) is 18.1 Å². The van der Waals surface area contributed by atoms with E-state index in [1.165, 1.54) is 37.4 Å². The number of nitrogens with one attached hydrogen (secondary N) is 2. The molecule has 0 aliphatic rings. The van der Waals surface area contributed by atoms with E-state index in [1.54, 1.807) is 38.1 Å². The maximum Gasteiger partial charge on any atom is 0.318 e. The number of rotatable bonds is 5. The highest BCUT2D eigenvalue weighted by Gasteiger charge is 2.39. The van der Waals surface area contributed by atoms with Gasteiger partial charge in [0.1, 0.15) is 10.6 Å². The van der Waals surface area contributed by atoms with Crippen LogP contribution in [0.15, 0.2) is 59.5 Å². The van der Waals surface area contributed by atoms with E-state index in [9.17, 15) is 13.2 Å². The third kappa shape index (κ3) is 4.62. The number of anilines is 2. The molecule has 10 heteroatoms. The number of hydrogen-bond donors (Lipinski definition) is 3. The van der Waals surface area contributed by atoms with Crippen molar-refractivity contribution in [3.8, 4) is 11.4 Å². The molecule has 0 atom stereocenters. The van der Waals surface area contributed by atoms with E-state index in [4.69, 9.17) is 17.3 Å². The highest BCUT2D eigenvalue weighted by molar-refractivity contribution is 7.92. The van der Waals surface area contributed by atoms with E-state index in [2.05, 4.69) is 20.6 Å². The van der Waals surface area contributed by atoms with Gasteiger partial charge in [0, 0.05) is 29.4 Å². The summed E-state index contributed by atoms with van der Waals surface area (Å²) in [5.41, 5.74) is 7.44. The third-order valence-electron chi connectivity index (χ3n) is 4.79. The Balaban J connectivity index is 2.00. The topological polar surface area (TPSA) is 127 Å². The van der Waals surface area contributed by atoms with Crippen LogP contribution in [0.5, 0.6) is 0 Å². The smallest absolute Gasteiger partial charge is 0.318 e. The number of nitrogens with two attached hydrogens (primary N) is 1. The van der Waals surface area contributed by atoms with Crippen LogP contribution in [-0.4, -0.2) is 31.5 Å². The average Bonchev–Trinajstić information content (AvgIpc) is 2.74. The zero-order valence-electron chi connectivity index (χ0n) is 17.2. The van der Waals surface area contributed by atoms with Gasteiger partial charge in [-0.15, -0.1) is 0 Å². The highest BCUT2D eigenvalue weighted by atomic mass is 35.5. The lowest BCUT2D eigenvalue weighted by atomic mass is 10.1. The molecule has 162 valence electrons. The summed E-state index contributed by atoms with van der Waals surface area (Å²) in [7, 11) is -2.29. The molecule has 31 heavy (non-hydrogen) atoms. The number of sulfone groups is 1. The summed E-state index contributed by atoms with van der Waals surface area (Å²) in [5.74, 6) is 0.424. The minimum absolute atomic E-state index is 0.130. The fourth-order valence-electron chi connectivity index (χ4n) is 2.85. The van der Waals surface area contributed by atoms with Crippen LogP contribution in [0.4, 0.5) is 16.3 Å². The number of amides is 2. The SMILES string of the molecule is CNC(=O)Nc1ccc(-c2nc(N)cc(C(C)(C)S(=O)(=O)c3ccc(Cl)cc3)n2)cc1. The van der Waals surface area contributed by atoms with Gasteiger partial charge in [-0.1, -0.05) is 11.6 Å². The molecule has 0 fully saturated rings. The normalized spacial score (nSPS) is 11.7. The largest absolute Gasteiger partial charge is 0.384 e. The van der Waals surface area contributed by atoms with Gasteiger partial charge in [0.15, 0.2) is 15.7 Å². The first-order valence-corrected chi connectivity index (χ1v) is 11.1. The van der Waals surface area contributed by atoms with Crippen LogP contribution in [0.1, 0.15) is 19.5 Å². The lowest BCUT2D eigenvalue weighted by Gasteiger charge is -2.25. The molecule has 0 bridgehead atoms. The van der Waals surface area contributed by atoms with E-state index in [0.29, 0.717) is 16.3 Å². The second-order valence-electron chi connectivity index (χ2n) is 7.25. The predicted molar refractivity (Wildman–Crippen MR) is 122 cm³/mol. The number of carbonyl (C=O) groups excluding carboxylic acids is 1. The Hall–Kier alpha value is -3.17. The van der Waals surface area contributed by atoms with Crippen LogP contribution in [0.2, 0.25) is 5.02 Å². The van der Waals surface area contributed by atoms with Crippen molar-refractivity contribution in [3.63, 3.8) is 0 Å². The van der Waals surface area contributed by atoms with Crippen molar-refractivity contribution in [2.24, 2.45) is 0 Å². The van der Waals surface area contributed by atoms with Crippen LogP contribution in [-0.2, 0) is 14.6 Å². The van der Waals surface area contributed by atoms with Gasteiger partial charge in [0.25, 0.3) is 0 Å². The number of benzene rings is 2. The molecule has 2 amide bonds. The van der Waals surface area contributed by atoms with Gasteiger partial charge >= 0.3 is 6.03 Å². The van der Waals surface area contributed by atoms with Crippen LogP contribution >= 0.6 is 11.6 Å². The Labute approximate surface area is 185 Å². The lowest BCUT2D eigenvalue weighted by molar-refractivity contribution is 0.254. The van der Waals surface area contributed by atoms with Crippen molar-refractivity contribution >= 4 is 39.0 Å². The molecule has 0 saturated heterocycles. The van der Waals surface area contributed by atoms with E-state index < -0.39 is 14.6 Å². The Morgan fingerprint density at radius 2 is 1.65 bits per heavy atom. The van der Waals surface area contributed by atoms with E-state index >= 15 is 0 Å². The number of carbonyl (C=O) groups is 1. The number of nitrogens with zero attached hydrogens (tertiary/aromatic N) is 2. The molecule has 0 saturated carbocycles. The summed E-state index contributed by atoms with van der Waals surface area (Å²) in [4.78, 5) is 20.3. The molecule has 8 nitrogen and oxygen atoms in total. The second-order valence-corrected chi connectivity index (χ2v) is 10.2. The molecule has 4 N–H and O–H groups in total. The summed E-state index contributed by atoms with van der Waals surface area (Å²) >= 11 is 5.89. The fraction of sp³-hybridized carbons (Fsp3) is 0.190. The first kappa shape index (κ1) is 22.5. The average molecular weight is 460 g/mol. The second kappa shape index (κ2) is 8.52.